The average molecular weight is 396 g/mol. The number of thiophene rings is 1. The van der Waals surface area contributed by atoms with Gasteiger partial charge in [0, 0.05) is 18.1 Å². The molecule has 1 saturated heterocycles. The van der Waals surface area contributed by atoms with Crippen molar-refractivity contribution in [2.45, 2.75) is 18.9 Å². The third-order valence-electron chi connectivity index (χ3n) is 2.92. The van der Waals surface area contributed by atoms with Gasteiger partial charge in [-0.1, -0.05) is 0 Å². The number of halogens is 2. The van der Waals surface area contributed by atoms with E-state index in [4.69, 9.17) is 0 Å². The Hall–Kier alpha value is -0.400. The predicted molar refractivity (Wildman–Crippen MR) is 77.8 cm³/mol. The molecule has 1 N–H and O–H groups in total. The molecule has 0 saturated carbocycles. The number of carbonyl (C=O) groups is 2. The summed E-state index contributed by atoms with van der Waals surface area (Å²) in [6.45, 7) is 0.643. The summed E-state index contributed by atoms with van der Waals surface area (Å²) in [6.07, 6.45) is 1.61. The molecule has 7 heteroatoms. The van der Waals surface area contributed by atoms with Gasteiger partial charge in [0.05, 0.1) is 8.66 Å². The van der Waals surface area contributed by atoms with Crippen molar-refractivity contribution in [2.24, 2.45) is 0 Å². The van der Waals surface area contributed by atoms with E-state index < -0.39 is 0 Å². The zero-order valence-electron chi connectivity index (χ0n) is 9.70. The molecule has 2 amide bonds. The Morgan fingerprint density at radius 3 is 2.78 bits per heavy atom. The maximum Gasteiger partial charge on any atom is 0.264 e. The minimum Gasteiger partial charge on any atom is -0.357 e. The van der Waals surface area contributed by atoms with Crippen LogP contribution in [0.15, 0.2) is 14.3 Å². The molecule has 1 fully saturated rings. The van der Waals surface area contributed by atoms with Crippen LogP contribution in [0.3, 0.4) is 0 Å². The molecule has 18 heavy (non-hydrogen) atoms. The van der Waals surface area contributed by atoms with Crippen LogP contribution < -0.4 is 5.32 Å². The van der Waals surface area contributed by atoms with Crippen molar-refractivity contribution in [3.05, 3.63) is 19.2 Å². The second-order valence-corrected chi connectivity index (χ2v) is 7.23. The van der Waals surface area contributed by atoms with Gasteiger partial charge in [-0.25, -0.2) is 0 Å². The highest BCUT2D eigenvalue weighted by Crippen LogP contribution is 2.34. The van der Waals surface area contributed by atoms with Gasteiger partial charge in [-0.15, -0.1) is 11.3 Å². The predicted octanol–water partition coefficient (Wildman–Crippen LogP) is 2.62. The average Bonchev–Trinajstić information content (AvgIpc) is 2.95. The summed E-state index contributed by atoms with van der Waals surface area (Å²) in [5, 5.41) is 2.61. The smallest absolute Gasteiger partial charge is 0.264 e. The molecule has 2 rings (SSSR count). The van der Waals surface area contributed by atoms with Crippen molar-refractivity contribution < 1.29 is 9.59 Å². The van der Waals surface area contributed by atoms with Gasteiger partial charge in [-0.3, -0.25) is 9.59 Å². The maximum atomic E-state index is 12.4. The van der Waals surface area contributed by atoms with Gasteiger partial charge in [0.25, 0.3) is 5.91 Å². The summed E-state index contributed by atoms with van der Waals surface area (Å²) in [5.74, 6) is -0.159. The third kappa shape index (κ3) is 2.62. The molecule has 1 atom stereocenters. The largest absolute Gasteiger partial charge is 0.357 e. The van der Waals surface area contributed by atoms with Crippen molar-refractivity contribution in [1.82, 2.24) is 10.2 Å². The van der Waals surface area contributed by atoms with E-state index in [0.717, 1.165) is 21.1 Å². The molecule has 1 unspecified atom stereocenters. The molecular weight excluding hydrogens is 384 g/mol. The zero-order chi connectivity index (χ0) is 13.3. The first-order valence-electron chi connectivity index (χ1n) is 5.52. The van der Waals surface area contributed by atoms with Crippen molar-refractivity contribution in [2.75, 3.05) is 13.6 Å². The fourth-order valence-electron chi connectivity index (χ4n) is 2.04. The highest BCUT2D eigenvalue weighted by Gasteiger charge is 2.34. The molecule has 1 aliphatic rings. The highest BCUT2D eigenvalue weighted by atomic mass is 79.9. The Bertz CT molecular complexity index is 470. The lowest BCUT2D eigenvalue weighted by atomic mass is 10.2. The van der Waals surface area contributed by atoms with Crippen molar-refractivity contribution in [3.8, 4) is 0 Å². The molecule has 0 spiro atoms. The molecule has 2 heterocycles. The number of amides is 2. The molecule has 4 nitrogen and oxygen atoms in total. The van der Waals surface area contributed by atoms with E-state index in [0.29, 0.717) is 11.4 Å². The lowest BCUT2D eigenvalue weighted by Crippen LogP contribution is -2.44. The highest BCUT2D eigenvalue weighted by molar-refractivity contribution is 9.13. The first-order valence-corrected chi connectivity index (χ1v) is 7.92. The molecule has 0 radical (unpaired) electrons. The van der Waals surface area contributed by atoms with Crippen LogP contribution in [0.2, 0.25) is 0 Å². The number of likely N-dealkylation sites (tertiary alicyclic amines) is 1. The Labute approximate surface area is 126 Å². The molecule has 0 bridgehead atoms. The quantitative estimate of drug-likeness (QED) is 0.836. The van der Waals surface area contributed by atoms with Crippen molar-refractivity contribution >= 4 is 55.0 Å². The van der Waals surface area contributed by atoms with Crippen LogP contribution >= 0.6 is 43.2 Å². The summed E-state index contributed by atoms with van der Waals surface area (Å²) >= 11 is 8.11. The van der Waals surface area contributed by atoms with Crippen LogP contribution in [0, 0.1) is 0 Å². The van der Waals surface area contributed by atoms with Crippen LogP contribution in [0.25, 0.3) is 0 Å². The molecule has 1 aromatic rings. The van der Waals surface area contributed by atoms with E-state index in [1.54, 1.807) is 18.0 Å². The van der Waals surface area contributed by atoms with E-state index in [-0.39, 0.29) is 17.9 Å². The number of nitrogens with one attached hydrogen (secondary N) is 1. The Morgan fingerprint density at radius 2 is 2.22 bits per heavy atom. The summed E-state index contributed by atoms with van der Waals surface area (Å²) in [5.41, 5.74) is 0. The van der Waals surface area contributed by atoms with E-state index in [2.05, 4.69) is 37.2 Å². The van der Waals surface area contributed by atoms with Gasteiger partial charge in [0.2, 0.25) is 5.91 Å². The topological polar surface area (TPSA) is 49.4 Å². The first kappa shape index (κ1) is 14.0. The molecule has 0 aliphatic carbocycles. The van der Waals surface area contributed by atoms with Gasteiger partial charge in [-0.2, -0.15) is 0 Å². The Kier molecular flexibility index (Phi) is 4.45. The van der Waals surface area contributed by atoms with E-state index in [1.807, 2.05) is 0 Å². The normalized spacial score (nSPS) is 19.1. The Balaban J connectivity index is 2.20. The van der Waals surface area contributed by atoms with Gasteiger partial charge in [-0.05, 0) is 50.8 Å². The molecule has 0 aromatic carbocycles. The first-order chi connectivity index (χ1) is 8.54. The van der Waals surface area contributed by atoms with E-state index in [1.165, 1.54) is 11.3 Å². The summed E-state index contributed by atoms with van der Waals surface area (Å²) in [4.78, 5) is 26.4. The van der Waals surface area contributed by atoms with Crippen molar-refractivity contribution in [1.29, 1.82) is 0 Å². The molecular formula is C11H12Br2N2O2S. The number of carbonyl (C=O) groups excluding carboxylic acids is 2. The SMILES string of the molecule is CNC(=O)C1CCCN1C(=O)c1cc(Br)c(Br)s1. The second kappa shape index (κ2) is 5.71. The monoisotopic (exact) mass is 394 g/mol. The number of likely N-dealkylation sites (N-methyl/N-ethyl adjacent to an activating group) is 1. The fourth-order valence-corrected chi connectivity index (χ4v) is 4.03. The summed E-state index contributed by atoms with van der Waals surface area (Å²) < 4.78 is 1.76. The van der Waals surface area contributed by atoms with Gasteiger partial charge >= 0.3 is 0 Å². The van der Waals surface area contributed by atoms with Crippen molar-refractivity contribution in [3.63, 3.8) is 0 Å². The number of hydrogen-bond acceptors (Lipinski definition) is 3. The van der Waals surface area contributed by atoms with Crippen LogP contribution in [-0.4, -0.2) is 36.3 Å². The maximum absolute atomic E-state index is 12.4. The van der Waals surface area contributed by atoms with Crippen LogP contribution in [0.5, 0.6) is 0 Å². The van der Waals surface area contributed by atoms with Crippen LogP contribution in [0.1, 0.15) is 22.5 Å². The third-order valence-corrected chi connectivity index (χ3v) is 6.16. The lowest BCUT2D eigenvalue weighted by molar-refractivity contribution is -0.124. The molecule has 1 aliphatic heterocycles. The number of nitrogens with zero attached hydrogens (tertiary/aromatic N) is 1. The zero-order valence-corrected chi connectivity index (χ0v) is 13.7. The standard InChI is InChI=1S/C11H12Br2N2O2S/c1-14-10(16)7-3-2-4-15(7)11(17)8-5-6(12)9(13)18-8/h5,7H,2-4H2,1H3,(H,14,16). The van der Waals surface area contributed by atoms with Crippen LogP contribution in [-0.2, 0) is 4.79 Å². The minimum atomic E-state index is -0.331. The van der Waals surface area contributed by atoms with E-state index >= 15 is 0 Å². The molecule has 98 valence electrons. The van der Waals surface area contributed by atoms with Crippen LogP contribution in [0.4, 0.5) is 0 Å². The fraction of sp³-hybridized carbons (Fsp3) is 0.455. The molecule has 1 aromatic heterocycles. The lowest BCUT2D eigenvalue weighted by Gasteiger charge is -2.22. The number of hydrogen-bond donors (Lipinski definition) is 1. The van der Waals surface area contributed by atoms with E-state index in [9.17, 15) is 9.59 Å². The minimum absolute atomic E-state index is 0.0718. The van der Waals surface area contributed by atoms with Gasteiger partial charge in [0.15, 0.2) is 0 Å². The Morgan fingerprint density at radius 1 is 1.50 bits per heavy atom. The second-order valence-electron chi connectivity index (χ2n) is 4.00. The summed E-state index contributed by atoms with van der Waals surface area (Å²) in [6, 6.07) is 1.46. The summed E-state index contributed by atoms with van der Waals surface area (Å²) in [7, 11) is 1.60. The number of rotatable bonds is 2. The van der Waals surface area contributed by atoms with Gasteiger partial charge < -0.3 is 10.2 Å². The van der Waals surface area contributed by atoms with Gasteiger partial charge in [0.1, 0.15) is 6.04 Å².